The smallest absolute Gasteiger partial charge is 0.0130 e. The van der Waals surface area contributed by atoms with Crippen LogP contribution >= 0.6 is 24.8 Å². The van der Waals surface area contributed by atoms with Crippen LogP contribution in [0.25, 0.3) is 0 Å². The van der Waals surface area contributed by atoms with Gasteiger partial charge in [-0.15, -0.1) is 31.2 Å². The topological polar surface area (TPSA) is 0 Å². The second-order valence-electron chi connectivity index (χ2n) is 3.94. The van der Waals surface area contributed by atoms with E-state index in [0.717, 1.165) is 19.3 Å². The zero-order valence-corrected chi connectivity index (χ0v) is 14.4. The Labute approximate surface area is 132 Å². The number of allylic oxidation sites excluding steroid dienone is 8. The van der Waals surface area contributed by atoms with E-state index in [1.807, 2.05) is 0 Å². The molecular formula is C14H19Cl2Zr-. The summed E-state index contributed by atoms with van der Waals surface area (Å²) in [6.07, 6.45) is 17.5. The van der Waals surface area contributed by atoms with Gasteiger partial charge in [-0.2, -0.15) is 6.08 Å². The molecule has 0 saturated carbocycles. The van der Waals surface area contributed by atoms with Gasteiger partial charge in [0, 0.05) is 0 Å². The van der Waals surface area contributed by atoms with E-state index in [-0.39, 0.29) is 24.8 Å². The standard InChI is InChI=1S/C11H11.C3H6.2ClH.Zr/c1-2-6-10(5-1)9-11-7-3-4-8-11;1-3-2;;;/h1-3,5,7H,4,6,9H2;1-2H3;2*1H;/q-1;;;;. The first-order chi connectivity index (χ1) is 7.18. The van der Waals surface area contributed by atoms with E-state index in [1.54, 1.807) is 24.2 Å². The molecule has 0 aromatic rings. The van der Waals surface area contributed by atoms with Gasteiger partial charge in [0.1, 0.15) is 0 Å². The van der Waals surface area contributed by atoms with Gasteiger partial charge in [-0.1, -0.05) is 23.8 Å². The van der Waals surface area contributed by atoms with Crippen molar-refractivity contribution >= 4 is 28.0 Å². The van der Waals surface area contributed by atoms with Crippen molar-refractivity contribution in [2.75, 3.05) is 0 Å². The molecule has 0 fully saturated rings. The monoisotopic (exact) mass is 347 g/mol. The van der Waals surface area contributed by atoms with Crippen molar-refractivity contribution in [2.45, 2.75) is 33.1 Å². The molecule has 2 rings (SSSR count). The summed E-state index contributed by atoms with van der Waals surface area (Å²) in [5, 5.41) is 0. The third kappa shape index (κ3) is 9.95. The van der Waals surface area contributed by atoms with Crippen LogP contribution in [0, 0.1) is 6.08 Å². The van der Waals surface area contributed by atoms with Crippen LogP contribution in [0.5, 0.6) is 0 Å². The zero-order valence-electron chi connectivity index (χ0n) is 10.3. The molecule has 94 valence electrons. The fourth-order valence-electron chi connectivity index (χ4n) is 1.44. The first-order valence-corrected chi connectivity index (χ1v) is 6.54. The van der Waals surface area contributed by atoms with Gasteiger partial charge in [0.25, 0.3) is 0 Å². The number of halogens is 2. The molecule has 0 atom stereocenters. The average Bonchev–Trinajstić information content (AvgIpc) is 2.76. The third-order valence-electron chi connectivity index (χ3n) is 2.03. The van der Waals surface area contributed by atoms with Crippen molar-refractivity contribution < 1.29 is 24.2 Å². The molecule has 0 aromatic carbocycles. The van der Waals surface area contributed by atoms with Crippen LogP contribution in [0.3, 0.4) is 0 Å². The molecule has 0 N–H and O–H groups in total. The summed E-state index contributed by atoms with van der Waals surface area (Å²) in [5.74, 6) is 0. The van der Waals surface area contributed by atoms with Crippen LogP contribution in [-0.2, 0) is 24.2 Å². The minimum Gasteiger partial charge on any atom is -0.269 e. The van der Waals surface area contributed by atoms with Crippen LogP contribution in [0.2, 0.25) is 0 Å². The van der Waals surface area contributed by atoms with E-state index < -0.39 is 0 Å². The van der Waals surface area contributed by atoms with Crippen molar-refractivity contribution in [2.24, 2.45) is 0 Å². The Balaban J connectivity index is 0. The van der Waals surface area contributed by atoms with E-state index >= 15 is 0 Å². The molecule has 0 spiro atoms. The van der Waals surface area contributed by atoms with Gasteiger partial charge in [-0.05, 0) is 12.8 Å². The van der Waals surface area contributed by atoms with Crippen LogP contribution in [-0.4, -0.2) is 3.21 Å². The van der Waals surface area contributed by atoms with Gasteiger partial charge in [-0.25, -0.2) is 11.6 Å². The van der Waals surface area contributed by atoms with E-state index in [2.05, 4.69) is 50.3 Å². The third-order valence-corrected chi connectivity index (χ3v) is 2.03. The number of hydrogen-bond acceptors (Lipinski definition) is 0. The number of rotatable bonds is 2. The molecule has 0 aromatic heterocycles. The maximum atomic E-state index is 3.32. The Hall–Kier alpha value is 0.293. The fourth-order valence-corrected chi connectivity index (χ4v) is 1.44. The molecule has 17 heavy (non-hydrogen) atoms. The normalized spacial score (nSPS) is 14.9. The van der Waals surface area contributed by atoms with Gasteiger partial charge in [0.05, 0.1) is 0 Å². The summed E-state index contributed by atoms with van der Waals surface area (Å²) >= 11 is 1.55. The molecule has 0 aliphatic heterocycles. The Morgan fingerprint density at radius 1 is 1.29 bits per heavy atom. The minimum atomic E-state index is 0. The average molecular weight is 349 g/mol. The summed E-state index contributed by atoms with van der Waals surface area (Å²) in [4.78, 5) is 0. The summed E-state index contributed by atoms with van der Waals surface area (Å²) in [6, 6.07) is 0. The van der Waals surface area contributed by atoms with Crippen LogP contribution in [0.4, 0.5) is 0 Å². The Bertz CT molecular complexity index is 345. The quantitative estimate of drug-likeness (QED) is 0.642. The summed E-state index contributed by atoms with van der Waals surface area (Å²) < 4.78 is 1.51. The van der Waals surface area contributed by atoms with Crippen molar-refractivity contribution in [1.82, 2.24) is 0 Å². The molecule has 2 aliphatic rings. The maximum absolute atomic E-state index is 3.32. The Kier molecular flexibility index (Phi) is 13.1. The molecule has 0 unspecified atom stereocenters. The molecular weight excluding hydrogens is 330 g/mol. The first-order valence-electron chi connectivity index (χ1n) is 5.31. The van der Waals surface area contributed by atoms with Crippen LogP contribution < -0.4 is 0 Å². The molecule has 2 aliphatic carbocycles. The van der Waals surface area contributed by atoms with Crippen LogP contribution in [0.1, 0.15) is 33.1 Å². The SMILES string of the molecule is C[C](C)=[Zr].Cl.Cl.[C-]1=C(CC2=CC=CC2)C=CC1. The van der Waals surface area contributed by atoms with Gasteiger partial charge < -0.3 is 0 Å². The minimum absolute atomic E-state index is 0. The predicted octanol–water partition coefficient (Wildman–Crippen LogP) is 4.54. The predicted molar refractivity (Wildman–Crippen MR) is 77.8 cm³/mol. The molecule has 0 nitrogen and oxygen atoms in total. The van der Waals surface area contributed by atoms with Crippen molar-refractivity contribution in [3.63, 3.8) is 0 Å². The fraction of sp³-hybridized carbons (Fsp3) is 0.357. The summed E-state index contributed by atoms with van der Waals surface area (Å²) in [7, 11) is 0. The largest absolute Gasteiger partial charge is 0.269 e. The number of hydrogen-bond donors (Lipinski definition) is 0. The second-order valence-corrected chi connectivity index (χ2v) is 6.40. The van der Waals surface area contributed by atoms with E-state index in [0.29, 0.717) is 0 Å². The van der Waals surface area contributed by atoms with Crippen molar-refractivity contribution in [3.8, 4) is 0 Å². The molecule has 0 heterocycles. The molecule has 0 radical (unpaired) electrons. The molecule has 0 saturated heterocycles. The van der Waals surface area contributed by atoms with Crippen molar-refractivity contribution in [1.29, 1.82) is 0 Å². The van der Waals surface area contributed by atoms with Crippen molar-refractivity contribution in [3.05, 3.63) is 47.6 Å². The Morgan fingerprint density at radius 3 is 2.35 bits per heavy atom. The van der Waals surface area contributed by atoms with E-state index in [4.69, 9.17) is 0 Å². The molecule has 3 heteroatoms. The molecule has 0 bridgehead atoms. The van der Waals surface area contributed by atoms with Gasteiger partial charge >= 0.3 is 41.3 Å². The van der Waals surface area contributed by atoms with Gasteiger partial charge in [0.2, 0.25) is 0 Å². The first kappa shape index (κ1) is 19.6. The van der Waals surface area contributed by atoms with Crippen LogP contribution in [0.15, 0.2) is 41.5 Å². The summed E-state index contributed by atoms with van der Waals surface area (Å²) in [5.41, 5.74) is 2.87. The van der Waals surface area contributed by atoms with E-state index in [1.165, 1.54) is 14.4 Å². The summed E-state index contributed by atoms with van der Waals surface area (Å²) in [6.45, 7) is 4.25. The Morgan fingerprint density at radius 2 is 1.94 bits per heavy atom. The second kappa shape index (κ2) is 11.4. The molecule has 0 amide bonds. The van der Waals surface area contributed by atoms with Gasteiger partial charge in [0.15, 0.2) is 0 Å². The zero-order chi connectivity index (χ0) is 11.1. The van der Waals surface area contributed by atoms with E-state index in [9.17, 15) is 0 Å². The maximum Gasteiger partial charge on any atom is -0.0130 e. The van der Waals surface area contributed by atoms with Gasteiger partial charge in [-0.3, -0.25) is 6.08 Å².